The molecule has 0 aliphatic carbocycles. The van der Waals surface area contributed by atoms with E-state index in [2.05, 4.69) is 33.6 Å². The summed E-state index contributed by atoms with van der Waals surface area (Å²) in [6.07, 6.45) is 10.2. The molecule has 3 aromatic rings. The van der Waals surface area contributed by atoms with Crippen LogP contribution in [-0.4, -0.2) is 27.7 Å². The average molecular weight is 343 g/mol. The van der Waals surface area contributed by atoms with Crippen LogP contribution in [0.25, 0.3) is 16.6 Å². The van der Waals surface area contributed by atoms with Gasteiger partial charge in [0, 0.05) is 18.1 Å². The highest BCUT2D eigenvalue weighted by Crippen LogP contribution is 2.21. The summed E-state index contributed by atoms with van der Waals surface area (Å²) in [5.41, 5.74) is 3.19. The molecular formula is C18H19ClN4O. The highest BCUT2D eigenvalue weighted by atomic mass is 35.5. The summed E-state index contributed by atoms with van der Waals surface area (Å²) in [5, 5.41) is 8.84. The van der Waals surface area contributed by atoms with Gasteiger partial charge in [-0.05, 0) is 43.0 Å². The van der Waals surface area contributed by atoms with Crippen LogP contribution in [0.3, 0.4) is 0 Å². The van der Waals surface area contributed by atoms with Crippen molar-refractivity contribution in [2.75, 3.05) is 6.54 Å². The fraction of sp³-hybridized carbons (Fsp3) is 0.278. The van der Waals surface area contributed by atoms with Crippen molar-refractivity contribution in [2.24, 2.45) is 0 Å². The molecule has 1 aromatic carbocycles. The molecular weight excluding hydrogens is 324 g/mol. The first-order valence-corrected chi connectivity index (χ1v) is 8.40. The first kappa shape index (κ1) is 16.5. The second kappa shape index (κ2) is 7.93. The number of carbonyl (C=O) groups excluding carboxylic acids is 1. The van der Waals surface area contributed by atoms with Gasteiger partial charge < -0.3 is 5.32 Å². The molecule has 0 atom stereocenters. The molecule has 0 bridgehead atoms. The highest BCUT2D eigenvalue weighted by Gasteiger charge is 2.06. The number of nitrogens with zero attached hydrogens (tertiary/aromatic N) is 3. The lowest BCUT2D eigenvalue weighted by Gasteiger charge is -2.05. The van der Waals surface area contributed by atoms with Crippen LogP contribution in [0.2, 0.25) is 5.02 Å². The van der Waals surface area contributed by atoms with E-state index in [1.165, 1.54) is 5.56 Å². The van der Waals surface area contributed by atoms with Gasteiger partial charge in [-0.1, -0.05) is 24.1 Å². The van der Waals surface area contributed by atoms with Gasteiger partial charge in [0.15, 0.2) is 0 Å². The third-order valence-corrected chi connectivity index (χ3v) is 4.14. The molecule has 124 valence electrons. The molecule has 24 heavy (non-hydrogen) atoms. The smallest absolute Gasteiger partial charge is 0.207 e. The summed E-state index contributed by atoms with van der Waals surface area (Å²) >= 11 is 6.01. The topological polar surface area (TPSA) is 59.8 Å². The Hall–Kier alpha value is -2.40. The molecule has 2 heterocycles. The summed E-state index contributed by atoms with van der Waals surface area (Å²) < 4.78 is 1.85. The molecule has 6 heteroatoms. The summed E-state index contributed by atoms with van der Waals surface area (Å²) in [5.74, 6) is 0. The zero-order valence-electron chi connectivity index (χ0n) is 13.3. The number of aromatic nitrogens is 3. The largest absolute Gasteiger partial charge is 0.359 e. The minimum Gasteiger partial charge on any atom is -0.359 e. The molecule has 1 N–H and O–H groups in total. The number of hydrogen-bond donors (Lipinski definition) is 1. The number of unbranched alkanes of at least 4 members (excludes halogenated alkanes) is 2. The Morgan fingerprint density at radius 2 is 2.04 bits per heavy atom. The number of benzene rings is 1. The maximum Gasteiger partial charge on any atom is 0.207 e. The van der Waals surface area contributed by atoms with Crippen LogP contribution in [0.4, 0.5) is 0 Å². The van der Waals surface area contributed by atoms with Crippen LogP contribution in [0, 0.1) is 0 Å². The van der Waals surface area contributed by atoms with Gasteiger partial charge in [-0.15, -0.1) is 0 Å². The number of fused-ring (bicyclic) bond motifs is 1. The zero-order chi connectivity index (χ0) is 16.8. The van der Waals surface area contributed by atoms with Crippen molar-refractivity contribution in [3.63, 3.8) is 0 Å². The van der Waals surface area contributed by atoms with Gasteiger partial charge in [0.1, 0.15) is 0 Å². The number of hydrogen-bond acceptors (Lipinski definition) is 3. The molecule has 0 spiro atoms. The Bertz CT molecular complexity index is 831. The molecule has 0 saturated carbocycles. The number of amides is 1. The van der Waals surface area contributed by atoms with Gasteiger partial charge in [-0.2, -0.15) is 5.10 Å². The minimum atomic E-state index is 0.594. The van der Waals surface area contributed by atoms with Gasteiger partial charge in [0.25, 0.3) is 0 Å². The minimum absolute atomic E-state index is 0.594. The normalized spacial score (nSPS) is 10.9. The number of rotatable bonds is 8. The first-order chi connectivity index (χ1) is 11.8. The zero-order valence-corrected chi connectivity index (χ0v) is 14.0. The predicted molar refractivity (Wildman–Crippen MR) is 95.5 cm³/mol. The second-order valence-electron chi connectivity index (χ2n) is 5.69. The number of nitrogens with one attached hydrogen (secondary N) is 1. The lowest BCUT2D eigenvalue weighted by molar-refractivity contribution is -0.109. The van der Waals surface area contributed by atoms with Gasteiger partial charge >= 0.3 is 0 Å². The van der Waals surface area contributed by atoms with Crippen LogP contribution >= 0.6 is 11.6 Å². The summed E-state index contributed by atoms with van der Waals surface area (Å²) in [7, 11) is 0. The Balaban J connectivity index is 1.68. The summed E-state index contributed by atoms with van der Waals surface area (Å²) in [6, 6.07) is 8.26. The second-order valence-corrected chi connectivity index (χ2v) is 6.13. The molecule has 0 unspecified atom stereocenters. The summed E-state index contributed by atoms with van der Waals surface area (Å²) in [6.45, 7) is 0.753. The Morgan fingerprint density at radius 3 is 2.88 bits per heavy atom. The van der Waals surface area contributed by atoms with Crippen molar-refractivity contribution in [1.82, 2.24) is 20.1 Å². The van der Waals surface area contributed by atoms with Crippen LogP contribution in [0.15, 0.2) is 42.9 Å². The van der Waals surface area contributed by atoms with Crippen molar-refractivity contribution in [3.05, 3.63) is 53.4 Å². The van der Waals surface area contributed by atoms with E-state index in [1.54, 1.807) is 12.4 Å². The van der Waals surface area contributed by atoms with Gasteiger partial charge in [0.2, 0.25) is 6.41 Å². The third-order valence-electron chi connectivity index (χ3n) is 3.94. The Kier molecular flexibility index (Phi) is 5.43. The maximum absolute atomic E-state index is 10.2. The van der Waals surface area contributed by atoms with E-state index in [9.17, 15) is 4.79 Å². The van der Waals surface area contributed by atoms with Crippen molar-refractivity contribution < 1.29 is 4.79 Å². The molecule has 0 radical (unpaired) electrons. The molecule has 5 nitrogen and oxygen atoms in total. The molecule has 2 aromatic heterocycles. The maximum atomic E-state index is 10.2. The van der Waals surface area contributed by atoms with E-state index in [1.807, 2.05) is 16.9 Å². The number of aryl methyl sites for hydroxylation is 1. The highest BCUT2D eigenvalue weighted by molar-refractivity contribution is 6.30. The lowest BCUT2D eigenvalue weighted by atomic mass is 10.1. The number of pyridine rings is 1. The first-order valence-electron chi connectivity index (χ1n) is 8.02. The molecule has 0 fully saturated rings. The number of halogens is 1. The predicted octanol–water partition coefficient (Wildman–Crippen LogP) is 3.53. The molecule has 0 aliphatic heterocycles. The van der Waals surface area contributed by atoms with Gasteiger partial charge in [0.05, 0.1) is 28.6 Å². The fourth-order valence-corrected chi connectivity index (χ4v) is 2.92. The fourth-order valence-electron chi connectivity index (χ4n) is 2.75. The van der Waals surface area contributed by atoms with Crippen molar-refractivity contribution in [2.45, 2.75) is 25.7 Å². The Morgan fingerprint density at radius 1 is 1.12 bits per heavy atom. The lowest BCUT2D eigenvalue weighted by Crippen LogP contribution is -2.11. The monoisotopic (exact) mass is 342 g/mol. The van der Waals surface area contributed by atoms with Crippen LogP contribution < -0.4 is 5.32 Å². The van der Waals surface area contributed by atoms with E-state index in [0.717, 1.165) is 55.2 Å². The summed E-state index contributed by atoms with van der Waals surface area (Å²) in [4.78, 5) is 14.3. The van der Waals surface area contributed by atoms with Crippen LogP contribution in [0.1, 0.15) is 24.8 Å². The SMILES string of the molecule is O=CNCCCCCc1ccc2c(cnn2-c2cncc(Cl)c2)c1. The van der Waals surface area contributed by atoms with Crippen molar-refractivity contribution in [1.29, 1.82) is 0 Å². The third kappa shape index (κ3) is 3.92. The van der Waals surface area contributed by atoms with Crippen LogP contribution in [-0.2, 0) is 11.2 Å². The Labute approximate surface area is 145 Å². The average Bonchev–Trinajstić information content (AvgIpc) is 3.01. The van der Waals surface area contributed by atoms with Crippen molar-refractivity contribution >= 4 is 28.9 Å². The van der Waals surface area contributed by atoms with E-state index < -0.39 is 0 Å². The van der Waals surface area contributed by atoms with Crippen molar-refractivity contribution in [3.8, 4) is 5.69 Å². The molecule has 1 amide bonds. The van der Waals surface area contributed by atoms with E-state index >= 15 is 0 Å². The molecule has 0 saturated heterocycles. The molecule has 3 rings (SSSR count). The van der Waals surface area contributed by atoms with Crippen LogP contribution in [0.5, 0.6) is 0 Å². The standard InChI is InChI=1S/C18H19ClN4O/c19-16-9-17(12-21-11-16)23-18-6-5-14(8-15(18)10-22-23)4-2-1-3-7-20-13-24/h5-6,8-13H,1-4,7H2,(H,20,24). The van der Waals surface area contributed by atoms with Gasteiger partial charge in [-0.3, -0.25) is 9.78 Å². The van der Waals surface area contributed by atoms with E-state index in [0.29, 0.717) is 5.02 Å². The van der Waals surface area contributed by atoms with E-state index in [4.69, 9.17) is 11.6 Å². The molecule has 0 aliphatic rings. The quantitative estimate of drug-likeness (QED) is 0.503. The van der Waals surface area contributed by atoms with E-state index in [-0.39, 0.29) is 0 Å². The number of carbonyl (C=O) groups is 1. The van der Waals surface area contributed by atoms with Gasteiger partial charge in [-0.25, -0.2) is 4.68 Å².